The molecule has 7 heteroatoms. The number of nitrogens with zero attached hydrogens (tertiary/aromatic N) is 3. The molecule has 2 atom stereocenters. The van der Waals surface area contributed by atoms with Crippen LogP contribution in [0, 0.1) is 0 Å². The molecule has 0 aliphatic carbocycles. The van der Waals surface area contributed by atoms with Crippen molar-refractivity contribution >= 4 is 23.3 Å². The fourth-order valence-corrected chi connectivity index (χ4v) is 4.88. The zero-order valence-electron chi connectivity index (χ0n) is 16.5. The van der Waals surface area contributed by atoms with Gasteiger partial charge in [0.1, 0.15) is 5.82 Å². The molecule has 2 aromatic rings. The van der Waals surface area contributed by atoms with Crippen LogP contribution in [0.25, 0.3) is 0 Å². The van der Waals surface area contributed by atoms with Gasteiger partial charge in [0.15, 0.2) is 0 Å². The monoisotopic (exact) mass is 412 g/mol. The van der Waals surface area contributed by atoms with Crippen molar-refractivity contribution in [3.63, 3.8) is 0 Å². The standard InChI is InChI=1S/C22H25ClN4O2/c1-22(17-3-2-4-18(23)10-17)11-15-9-16(12-24-20(15)25-22)21(28)26-6-5-19(13-26)27-7-8-29-14-27/h2-4,9-10,12,19H,5-8,11,13-14H2,1H3,(H,24,25)/t19-,22+/m0/s1. The van der Waals surface area contributed by atoms with Crippen molar-refractivity contribution in [1.82, 2.24) is 14.8 Å². The number of benzene rings is 1. The van der Waals surface area contributed by atoms with Crippen LogP contribution >= 0.6 is 11.6 Å². The second-order valence-corrected chi connectivity index (χ2v) is 8.86. The number of rotatable bonds is 3. The molecule has 6 nitrogen and oxygen atoms in total. The minimum atomic E-state index is -0.281. The fraction of sp³-hybridized carbons (Fsp3) is 0.455. The Hall–Kier alpha value is -2.15. The third-order valence-corrected chi connectivity index (χ3v) is 6.60. The highest BCUT2D eigenvalue weighted by molar-refractivity contribution is 6.30. The number of hydrogen-bond acceptors (Lipinski definition) is 5. The van der Waals surface area contributed by atoms with E-state index in [4.69, 9.17) is 16.3 Å². The van der Waals surface area contributed by atoms with Gasteiger partial charge in [0.05, 0.1) is 24.4 Å². The van der Waals surface area contributed by atoms with Gasteiger partial charge in [-0.3, -0.25) is 9.69 Å². The zero-order chi connectivity index (χ0) is 20.0. The maximum absolute atomic E-state index is 13.1. The van der Waals surface area contributed by atoms with Crippen molar-refractivity contribution in [3.8, 4) is 0 Å². The zero-order valence-corrected chi connectivity index (χ0v) is 17.3. The van der Waals surface area contributed by atoms with E-state index in [-0.39, 0.29) is 11.4 Å². The lowest BCUT2D eigenvalue weighted by molar-refractivity contribution is 0.0763. The summed E-state index contributed by atoms with van der Waals surface area (Å²) in [6, 6.07) is 10.3. The number of carbonyl (C=O) groups excluding carboxylic acids is 1. The number of anilines is 1. The van der Waals surface area contributed by atoms with Gasteiger partial charge in [0, 0.05) is 43.3 Å². The maximum atomic E-state index is 13.1. The van der Waals surface area contributed by atoms with Crippen LogP contribution in [0.15, 0.2) is 36.5 Å². The molecule has 1 amide bonds. The Morgan fingerprint density at radius 1 is 1.34 bits per heavy atom. The Labute approximate surface area is 175 Å². The average molecular weight is 413 g/mol. The van der Waals surface area contributed by atoms with Crippen molar-refractivity contribution in [1.29, 1.82) is 0 Å². The lowest BCUT2D eigenvalue weighted by Crippen LogP contribution is -2.37. The largest absolute Gasteiger partial charge is 0.365 e. The molecular formula is C22H25ClN4O2. The van der Waals surface area contributed by atoms with Crippen molar-refractivity contribution in [2.24, 2.45) is 0 Å². The minimum Gasteiger partial charge on any atom is -0.365 e. The van der Waals surface area contributed by atoms with Crippen LogP contribution in [-0.2, 0) is 16.7 Å². The summed E-state index contributed by atoms with van der Waals surface area (Å²) in [5.74, 6) is 0.914. The summed E-state index contributed by atoms with van der Waals surface area (Å²) >= 11 is 6.19. The van der Waals surface area contributed by atoms with E-state index in [2.05, 4.69) is 28.2 Å². The lowest BCUT2D eigenvalue weighted by atomic mass is 9.89. The molecule has 3 aliphatic heterocycles. The Morgan fingerprint density at radius 2 is 2.24 bits per heavy atom. The predicted octanol–water partition coefficient (Wildman–Crippen LogP) is 3.12. The molecule has 1 aromatic carbocycles. The summed E-state index contributed by atoms with van der Waals surface area (Å²) in [6.45, 7) is 6.12. The number of nitrogens with one attached hydrogen (secondary N) is 1. The van der Waals surface area contributed by atoms with Crippen LogP contribution < -0.4 is 5.32 Å². The van der Waals surface area contributed by atoms with Gasteiger partial charge in [-0.15, -0.1) is 0 Å². The van der Waals surface area contributed by atoms with Gasteiger partial charge in [-0.25, -0.2) is 4.98 Å². The van der Waals surface area contributed by atoms with Gasteiger partial charge < -0.3 is 15.0 Å². The van der Waals surface area contributed by atoms with Gasteiger partial charge in [0.25, 0.3) is 5.91 Å². The first-order valence-corrected chi connectivity index (χ1v) is 10.5. The molecular weight excluding hydrogens is 388 g/mol. The van der Waals surface area contributed by atoms with Gasteiger partial charge in [-0.2, -0.15) is 0 Å². The summed E-state index contributed by atoms with van der Waals surface area (Å²) in [6.07, 6.45) is 3.47. The second kappa shape index (κ2) is 7.27. The van der Waals surface area contributed by atoms with E-state index in [1.54, 1.807) is 6.20 Å². The van der Waals surface area contributed by atoms with Gasteiger partial charge in [-0.1, -0.05) is 23.7 Å². The van der Waals surface area contributed by atoms with E-state index in [1.165, 1.54) is 0 Å². The SMILES string of the molecule is C[C@]1(c2cccc(Cl)c2)Cc2cc(C(=O)N3CC[C@H](N4CCOC4)C3)cnc2N1. The molecule has 0 saturated carbocycles. The third kappa shape index (κ3) is 3.50. The highest BCUT2D eigenvalue weighted by Gasteiger charge is 2.36. The summed E-state index contributed by atoms with van der Waals surface area (Å²) < 4.78 is 5.46. The number of carbonyl (C=O) groups is 1. The Balaban J connectivity index is 1.32. The second-order valence-electron chi connectivity index (χ2n) is 8.42. The molecule has 1 N–H and O–H groups in total. The highest BCUT2D eigenvalue weighted by Crippen LogP contribution is 2.39. The molecule has 0 spiro atoms. The molecule has 1 aromatic heterocycles. The number of pyridine rings is 1. The van der Waals surface area contributed by atoms with Gasteiger partial charge in [-0.05, 0) is 42.7 Å². The van der Waals surface area contributed by atoms with Crippen LogP contribution in [0.2, 0.25) is 5.02 Å². The summed E-state index contributed by atoms with van der Waals surface area (Å²) in [5, 5.41) is 4.24. The number of halogens is 1. The molecule has 2 saturated heterocycles. The Bertz CT molecular complexity index is 946. The van der Waals surface area contributed by atoms with Crippen LogP contribution in [0.3, 0.4) is 0 Å². The first kappa shape index (κ1) is 18.9. The number of likely N-dealkylation sites (tertiary alicyclic amines) is 1. The molecule has 0 unspecified atom stereocenters. The van der Waals surface area contributed by atoms with Crippen molar-refractivity contribution in [3.05, 3.63) is 58.2 Å². The van der Waals surface area contributed by atoms with E-state index in [9.17, 15) is 4.79 Å². The number of aromatic nitrogens is 1. The van der Waals surface area contributed by atoms with E-state index in [0.717, 1.165) is 61.1 Å². The van der Waals surface area contributed by atoms with Crippen molar-refractivity contribution in [2.45, 2.75) is 31.3 Å². The minimum absolute atomic E-state index is 0.0688. The molecule has 0 bridgehead atoms. The van der Waals surface area contributed by atoms with E-state index in [1.807, 2.05) is 29.2 Å². The number of amides is 1. The lowest BCUT2D eigenvalue weighted by Gasteiger charge is -2.25. The van der Waals surface area contributed by atoms with Crippen LogP contribution in [0.4, 0.5) is 5.82 Å². The normalized spacial score (nSPS) is 26.6. The smallest absolute Gasteiger partial charge is 0.255 e. The average Bonchev–Trinajstić information content (AvgIpc) is 3.45. The van der Waals surface area contributed by atoms with Gasteiger partial charge >= 0.3 is 0 Å². The fourth-order valence-electron chi connectivity index (χ4n) is 4.69. The number of hydrogen-bond donors (Lipinski definition) is 1. The van der Waals surface area contributed by atoms with E-state index in [0.29, 0.717) is 18.3 Å². The topological polar surface area (TPSA) is 57.7 Å². The number of fused-ring (bicyclic) bond motifs is 1. The van der Waals surface area contributed by atoms with Crippen LogP contribution in [0.5, 0.6) is 0 Å². The molecule has 5 rings (SSSR count). The maximum Gasteiger partial charge on any atom is 0.255 e. The summed E-state index contributed by atoms with van der Waals surface area (Å²) in [5.41, 5.74) is 2.57. The Morgan fingerprint density at radius 3 is 3.03 bits per heavy atom. The van der Waals surface area contributed by atoms with Gasteiger partial charge in [0.2, 0.25) is 0 Å². The number of ether oxygens (including phenoxy) is 1. The molecule has 3 aliphatic rings. The molecule has 29 heavy (non-hydrogen) atoms. The first-order chi connectivity index (χ1) is 14.0. The van der Waals surface area contributed by atoms with Crippen LogP contribution in [0.1, 0.15) is 34.8 Å². The molecule has 0 radical (unpaired) electrons. The first-order valence-electron chi connectivity index (χ1n) is 10.2. The van der Waals surface area contributed by atoms with E-state index < -0.39 is 0 Å². The predicted molar refractivity (Wildman–Crippen MR) is 112 cm³/mol. The molecule has 4 heterocycles. The third-order valence-electron chi connectivity index (χ3n) is 6.36. The highest BCUT2D eigenvalue weighted by atomic mass is 35.5. The van der Waals surface area contributed by atoms with Crippen molar-refractivity contribution < 1.29 is 9.53 Å². The quantitative estimate of drug-likeness (QED) is 0.839. The summed E-state index contributed by atoms with van der Waals surface area (Å²) in [4.78, 5) is 21.9. The summed E-state index contributed by atoms with van der Waals surface area (Å²) in [7, 11) is 0. The van der Waals surface area contributed by atoms with E-state index >= 15 is 0 Å². The molecule has 152 valence electrons. The van der Waals surface area contributed by atoms with Crippen molar-refractivity contribution in [2.75, 3.05) is 38.3 Å². The molecule has 2 fully saturated rings. The Kier molecular flexibility index (Phi) is 4.73. The van der Waals surface area contributed by atoms with Crippen LogP contribution in [-0.4, -0.2) is 59.7 Å².